The van der Waals surface area contributed by atoms with Crippen molar-refractivity contribution in [1.29, 1.82) is 0 Å². The highest BCUT2D eigenvalue weighted by Gasteiger charge is 2.22. The molecule has 0 spiro atoms. The molecule has 35 heavy (non-hydrogen) atoms. The number of ether oxygens (including phenoxy) is 1. The van der Waals surface area contributed by atoms with Gasteiger partial charge >= 0.3 is 0 Å². The van der Waals surface area contributed by atoms with Crippen LogP contribution < -0.4 is 10.2 Å². The van der Waals surface area contributed by atoms with E-state index >= 15 is 0 Å². The average molecular weight is 500 g/mol. The van der Waals surface area contributed by atoms with E-state index in [0.29, 0.717) is 25.4 Å². The maximum atomic E-state index is 12.8. The molecule has 1 aliphatic heterocycles. The first-order chi connectivity index (χ1) is 16.9. The smallest absolute Gasteiger partial charge is 0.243 e. The lowest BCUT2D eigenvalue weighted by molar-refractivity contribution is -0.134. The molecule has 2 aromatic carbocycles. The molecule has 1 aliphatic carbocycles. The van der Waals surface area contributed by atoms with Crippen molar-refractivity contribution in [2.45, 2.75) is 37.5 Å². The number of nitrogens with zero attached hydrogens (tertiary/aromatic N) is 2. The Hall–Kier alpha value is -2.91. The Morgan fingerprint density at radius 3 is 2.46 bits per heavy atom. The third-order valence-corrected chi connectivity index (χ3v) is 8.32. The van der Waals surface area contributed by atoms with Crippen LogP contribution in [0.25, 0.3) is 0 Å². The van der Waals surface area contributed by atoms with E-state index in [-0.39, 0.29) is 35.4 Å². The first-order valence-corrected chi connectivity index (χ1v) is 13.9. The molecule has 0 atom stereocenters. The number of aryl methyl sites for hydroxylation is 2. The Bertz CT molecular complexity index is 1160. The number of likely N-dealkylation sites (N-methyl/N-ethyl adjacent to an activating group) is 1. The Kier molecular flexibility index (Phi) is 8.07. The molecule has 1 heterocycles. The fourth-order valence-electron chi connectivity index (χ4n) is 4.57. The molecule has 0 saturated carbocycles. The van der Waals surface area contributed by atoms with Crippen molar-refractivity contribution in [3.05, 3.63) is 53.6 Å². The van der Waals surface area contributed by atoms with E-state index < -0.39 is 9.84 Å². The SMILES string of the molecule is CCN(CC(=O)Nc1ccc(N2CCOCC2)cc1)C(=O)CCS(=O)(=O)c1ccc2c(c1)CCC2. The number of sulfone groups is 1. The van der Waals surface area contributed by atoms with Crippen molar-refractivity contribution in [3.8, 4) is 0 Å². The van der Waals surface area contributed by atoms with Gasteiger partial charge in [0, 0.05) is 37.4 Å². The minimum atomic E-state index is -3.57. The van der Waals surface area contributed by atoms with E-state index in [2.05, 4.69) is 10.2 Å². The number of amides is 2. The molecule has 2 amide bonds. The summed E-state index contributed by atoms with van der Waals surface area (Å²) >= 11 is 0. The van der Waals surface area contributed by atoms with Crippen LogP contribution in [0.4, 0.5) is 11.4 Å². The van der Waals surface area contributed by atoms with Crippen LogP contribution in [0.1, 0.15) is 30.9 Å². The number of carbonyl (C=O) groups is 2. The van der Waals surface area contributed by atoms with Gasteiger partial charge in [0.25, 0.3) is 0 Å². The van der Waals surface area contributed by atoms with Crippen LogP contribution in [-0.2, 0) is 37.0 Å². The Labute approximate surface area is 207 Å². The van der Waals surface area contributed by atoms with Crippen molar-refractivity contribution >= 4 is 33.0 Å². The summed E-state index contributed by atoms with van der Waals surface area (Å²) in [7, 11) is -3.57. The maximum Gasteiger partial charge on any atom is 0.243 e. The predicted octanol–water partition coefficient (Wildman–Crippen LogP) is 2.66. The fraction of sp³-hybridized carbons (Fsp3) is 0.462. The zero-order chi connectivity index (χ0) is 24.8. The number of hydrogen-bond acceptors (Lipinski definition) is 6. The van der Waals surface area contributed by atoms with Gasteiger partial charge in [-0.3, -0.25) is 9.59 Å². The summed E-state index contributed by atoms with van der Waals surface area (Å²) in [6, 6.07) is 12.8. The molecule has 188 valence electrons. The molecule has 8 nitrogen and oxygen atoms in total. The van der Waals surface area contributed by atoms with Gasteiger partial charge in [-0.2, -0.15) is 0 Å². The lowest BCUT2D eigenvalue weighted by atomic mass is 10.1. The Morgan fingerprint density at radius 2 is 1.74 bits per heavy atom. The Morgan fingerprint density at radius 1 is 1.03 bits per heavy atom. The lowest BCUT2D eigenvalue weighted by Crippen LogP contribution is -2.38. The minimum absolute atomic E-state index is 0.126. The number of benzene rings is 2. The topological polar surface area (TPSA) is 96.0 Å². The van der Waals surface area contributed by atoms with Gasteiger partial charge in [0.05, 0.1) is 30.4 Å². The van der Waals surface area contributed by atoms with Crippen LogP contribution in [-0.4, -0.2) is 70.3 Å². The summed E-state index contributed by atoms with van der Waals surface area (Å²) in [5.74, 6) is -0.943. The van der Waals surface area contributed by atoms with E-state index in [4.69, 9.17) is 4.74 Å². The molecule has 2 aliphatic rings. The van der Waals surface area contributed by atoms with Crippen molar-refractivity contribution in [3.63, 3.8) is 0 Å². The first-order valence-electron chi connectivity index (χ1n) is 12.2. The van der Waals surface area contributed by atoms with Crippen molar-refractivity contribution in [1.82, 2.24) is 4.90 Å². The number of nitrogens with one attached hydrogen (secondary N) is 1. The number of anilines is 2. The van der Waals surface area contributed by atoms with E-state index in [1.165, 1.54) is 10.5 Å². The lowest BCUT2D eigenvalue weighted by Gasteiger charge is -2.29. The molecule has 9 heteroatoms. The zero-order valence-electron chi connectivity index (χ0n) is 20.2. The van der Waals surface area contributed by atoms with Gasteiger partial charge in [-0.25, -0.2) is 8.42 Å². The molecule has 2 aromatic rings. The van der Waals surface area contributed by atoms with Gasteiger partial charge in [0.15, 0.2) is 9.84 Å². The number of rotatable bonds is 9. The highest BCUT2D eigenvalue weighted by molar-refractivity contribution is 7.91. The van der Waals surface area contributed by atoms with Crippen LogP contribution in [0.2, 0.25) is 0 Å². The van der Waals surface area contributed by atoms with Crippen LogP contribution in [0.5, 0.6) is 0 Å². The summed E-state index contributed by atoms with van der Waals surface area (Å²) in [5, 5.41) is 2.82. The quantitative estimate of drug-likeness (QED) is 0.570. The van der Waals surface area contributed by atoms with E-state index in [1.807, 2.05) is 30.3 Å². The van der Waals surface area contributed by atoms with Gasteiger partial charge in [0.1, 0.15) is 0 Å². The predicted molar refractivity (Wildman–Crippen MR) is 135 cm³/mol. The summed E-state index contributed by atoms with van der Waals surface area (Å²) in [4.78, 5) is 29.1. The summed E-state index contributed by atoms with van der Waals surface area (Å²) in [5.41, 5.74) is 4.01. The van der Waals surface area contributed by atoms with Crippen LogP contribution in [0, 0.1) is 0 Å². The molecule has 4 rings (SSSR count). The van der Waals surface area contributed by atoms with Gasteiger partial charge < -0.3 is 19.9 Å². The second kappa shape index (κ2) is 11.2. The van der Waals surface area contributed by atoms with Gasteiger partial charge in [-0.1, -0.05) is 6.07 Å². The molecule has 0 unspecified atom stereocenters. The number of hydrogen-bond donors (Lipinski definition) is 1. The fourth-order valence-corrected chi connectivity index (χ4v) is 5.84. The zero-order valence-corrected chi connectivity index (χ0v) is 21.0. The monoisotopic (exact) mass is 499 g/mol. The average Bonchev–Trinajstić information content (AvgIpc) is 3.35. The number of carbonyl (C=O) groups excluding carboxylic acids is 2. The van der Waals surface area contributed by atoms with E-state index in [1.54, 1.807) is 19.1 Å². The van der Waals surface area contributed by atoms with E-state index in [9.17, 15) is 18.0 Å². The van der Waals surface area contributed by atoms with Crippen molar-refractivity contribution < 1.29 is 22.7 Å². The van der Waals surface area contributed by atoms with Crippen LogP contribution in [0.15, 0.2) is 47.4 Å². The molecule has 0 radical (unpaired) electrons. The second-order valence-corrected chi connectivity index (χ2v) is 11.1. The highest BCUT2D eigenvalue weighted by atomic mass is 32.2. The van der Waals surface area contributed by atoms with Crippen LogP contribution in [0.3, 0.4) is 0 Å². The molecule has 1 fully saturated rings. The van der Waals surface area contributed by atoms with Gasteiger partial charge in [0.2, 0.25) is 11.8 Å². The number of morpholine rings is 1. The van der Waals surface area contributed by atoms with E-state index in [0.717, 1.165) is 43.6 Å². The number of fused-ring (bicyclic) bond motifs is 1. The molecular formula is C26H33N3O5S. The largest absolute Gasteiger partial charge is 0.378 e. The molecule has 0 bridgehead atoms. The molecule has 0 aromatic heterocycles. The highest BCUT2D eigenvalue weighted by Crippen LogP contribution is 2.25. The summed E-state index contributed by atoms with van der Waals surface area (Å²) < 4.78 is 31.0. The molecular weight excluding hydrogens is 466 g/mol. The van der Waals surface area contributed by atoms with Crippen molar-refractivity contribution in [2.24, 2.45) is 0 Å². The normalized spacial score (nSPS) is 15.5. The second-order valence-electron chi connectivity index (χ2n) is 8.96. The third-order valence-electron chi connectivity index (χ3n) is 6.61. The maximum absolute atomic E-state index is 12.8. The van der Waals surface area contributed by atoms with Gasteiger partial charge in [-0.15, -0.1) is 0 Å². The van der Waals surface area contributed by atoms with Crippen LogP contribution >= 0.6 is 0 Å². The molecule has 1 N–H and O–H groups in total. The molecule has 1 saturated heterocycles. The minimum Gasteiger partial charge on any atom is -0.378 e. The standard InChI is InChI=1S/C26H33N3O5S/c1-2-28(19-25(30)27-22-7-9-23(10-8-22)29-13-15-34-16-14-29)26(31)12-17-35(32,33)24-11-6-20-4-3-5-21(20)18-24/h6-11,18H,2-5,12-17,19H2,1H3,(H,27,30). The summed E-state index contributed by atoms with van der Waals surface area (Å²) in [6.45, 7) is 5.04. The summed E-state index contributed by atoms with van der Waals surface area (Å²) in [6.07, 6.45) is 2.77. The third kappa shape index (κ3) is 6.41. The van der Waals surface area contributed by atoms with Gasteiger partial charge in [-0.05, 0) is 73.7 Å². The first kappa shape index (κ1) is 25.2. The Balaban J connectivity index is 1.28. The van der Waals surface area contributed by atoms with Crippen molar-refractivity contribution in [2.75, 3.05) is 55.4 Å².